The molecular formula is C22H45IN6O3. The van der Waals surface area contributed by atoms with E-state index >= 15 is 0 Å². The number of piperidine rings is 1. The summed E-state index contributed by atoms with van der Waals surface area (Å²) in [6.45, 7) is 14.0. The Hall–Kier alpha value is -1.30. The fourth-order valence-corrected chi connectivity index (χ4v) is 3.36. The van der Waals surface area contributed by atoms with Crippen molar-refractivity contribution < 1.29 is 14.3 Å². The molecule has 10 heteroatoms. The zero-order valence-corrected chi connectivity index (χ0v) is 23.3. The van der Waals surface area contributed by atoms with Crippen LogP contribution < -0.4 is 16.0 Å². The SMILES string of the molecule is CCCNC(=O)CN1CCC(NC(=NC)NCC(C)CN(C)C(=O)OC(C)(C)C)CC1.I. The first-order valence-electron chi connectivity index (χ1n) is 11.4. The van der Waals surface area contributed by atoms with E-state index in [2.05, 4.69) is 39.7 Å². The standard InChI is InChI=1S/C22H44N6O3.HI/c1-8-11-24-19(29)16-28-12-9-18(10-13-28)26-20(23-6)25-14-17(2)15-27(7)21(30)31-22(3,4)5;/h17-18H,8-16H2,1-7H3,(H,24,29)(H2,23,25,26);1H. The second-order valence-corrected chi connectivity index (χ2v) is 9.46. The largest absolute Gasteiger partial charge is 0.444 e. The van der Waals surface area contributed by atoms with Crippen molar-refractivity contribution >= 4 is 41.9 Å². The molecule has 1 atom stereocenters. The highest BCUT2D eigenvalue weighted by atomic mass is 127. The highest BCUT2D eigenvalue weighted by Crippen LogP contribution is 2.11. The fraction of sp³-hybridized carbons (Fsp3) is 0.864. The van der Waals surface area contributed by atoms with Crippen LogP contribution in [0.2, 0.25) is 0 Å². The van der Waals surface area contributed by atoms with Gasteiger partial charge in [0, 0.05) is 52.9 Å². The molecule has 9 nitrogen and oxygen atoms in total. The van der Waals surface area contributed by atoms with Crippen molar-refractivity contribution in [2.24, 2.45) is 10.9 Å². The molecule has 0 radical (unpaired) electrons. The summed E-state index contributed by atoms with van der Waals surface area (Å²) in [6, 6.07) is 0.334. The number of aliphatic imine (C=N–C) groups is 1. The predicted molar refractivity (Wildman–Crippen MR) is 141 cm³/mol. The van der Waals surface area contributed by atoms with Crippen LogP contribution in [0.3, 0.4) is 0 Å². The maximum absolute atomic E-state index is 12.1. The Morgan fingerprint density at radius 3 is 2.38 bits per heavy atom. The zero-order chi connectivity index (χ0) is 23.4. The molecule has 1 saturated heterocycles. The van der Waals surface area contributed by atoms with Crippen molar-refractivity contribution in [1.82, 2.24) is 25.8 Å². The van der Waals surface area contributed by atoms with Crippen LogP contribution in [0.4, 0.5) is 4.79 Å². The number of hydrogen-bond donors (Lipinski definition) is 3. The lowest BCUT2D eigenvalue weighted by Crippen LogP contribution is -2.51. The summed E-state index contributed by atoms with van der Waals surface area (Å²) in [6.07, 6.45) is 2.59. The number of nitrogens with zero attached hydrogens (tertiary/aromatic N) is 3. The Bertz CT molecular complexity index is 589. The highest BCUT2D eigenvalue weighted by Gasteiger charge is 2.23. The van der Waals surface area contributed by atoms with E-state index < -0.39 is 5.60 Å². The molecule has 1 aliphatic rings. The molecular weight excluding hydrogens is 523 g/mol. The van der Waals surface area contributed by atoms with Gasteiger partial charge >= 0.3 is 6.09 Å². The van der Waals surface area contributed by atoms with Crippen LogP contribution >= 0.6 is 24.0 Å². The number of rotatable bonds is 9. The third-order valence-corrected chi connectivity index (χ3v) is 5.00. The van der Waals surface area contributed by atoms with Gasteiger partial charge in [0.15, 0.2) is 5.96 Å². The summed E-state index contributed by atoms with van der Waals surface area (Å²) >= 11 is 0. The number of ether oxygens (including phenoxy) is 1. The number of likely N-dealkylation sites (tertiary alicyclic amines) is 1. The van der Waals surface area contributed by atoms with Crippen LogP contribution in [-0.4, -0.2) is 92.8 Å². The van der Waals surface area contributed by atoms with Gasteiger partial charge in [0.05, 0.1) is 6.54 Å². The zero-order valence-electron chi connectivity index (χ0n) is 21.0. The van der Waals surface area contributed by atoms with Gasteiger partial charge in [-0.3, -0.25) is 14.7 Å². The fourth-order valence-electron chi connectivity index (χ4n) is 3.36. The minimum atomic E-state index is -0.492. The molecule has 1 fully saturated rings. The normalized spacial score (nSPS) is 16.5. The lowest BCUT2D eigenvalue weighted by molar-refractivity contribution is -0.122. The molecule has 1 aliphatic heterocycles. The van der Waals surface area contributed by atoms with Gasteiger partial charge in [-0.2, -0.15) is 0 Å². The smallest absolute Gasteiger partial charge is 0.410 e. The number of halogens is 1. The molecule has 0 bridgehead atoms. The Morgan fingerprint density at radius 2 is 1.84 bits per heavy atom. The van der Waals surface area contributed by atoms with E-state index in [4.69, 9.17) is 4.74 Å². The van der Waals surface area contributed by atoms with E-state index in [1.807, 2.05) is 20.8 Å². The summed E-state index contributed by atoms with van der Waals surface area (Å²) in [7, 11) is 3.52. The molecule has 2 amide bonds. The van der Waals surface area contributed by atoms with Crippen LogP contribution in [0.25, 0.3) is 0 Å². The second kappa shape index (κ2) is 15.5. The van der Waals surface area contributed by atoms with Crippen LogP contribution in [0.5, 0.6) is 0 Å². The maximum Gasteiger partial charge on any atom is 0.410 e. The van der Waals surface area contributed by atoms with Gasteiger partial charge in [0.25, 0.3) is 0 Å². The minimum absolute atomic E-state index is 0. The van der Waals surface area contributed by atoms with Gasteiger partial charge in [-0.05, 0) is 46.0 Å². The number of amides is 2. The molecule has 32 heavy (non-hydrogen) atoms. The topological polar surface area (TPSA) is 98.3 Å². The number of carbonyl (C=O) groups excluding carboxylic acids is 2. The molecule has 0 aromatic carbocycles. The van der Waals surface area contributed by atoms with Crippen molar-refractivity contribution in [1.29, 1.82) is 0 Å². The van der Waals surface area contributed by atoms with E-state index in [-0.39, 0.29) is 41.9 Å². The van der Waals surface area contributed by atoms with Crippen molar-refractivity contribution in [3.05, 3.63) is 0 Å². The molecule has 3 N–H and O–H groups in total. The molecule has 0 aromatic rings. The highest BCUT2D eigenvalue weighted by molar-refractivity contribution is 14.0. The van der Waals surface area contributed by atoms with E-state index in [1.54, 1.807) is 19.0 Å². The summed E-state index contributed by atoms with van der Waals surface area (Å²) in [5.74, 6) is 1.11. The number of nitrogens with one attached hydrogen (secondary N) is 3. The van der Waals surface area contributed by atoms with Crippen molar-refractivity contribution in [2.75, 3.05) is 53.4 Å². The van der Waals surface area contributed by atoms with E-state index in [1.165, 1.54) is 0 Å². The van der Waals surface area contributed by atoms with Crippen LogP contribution in [0.1, 0.15) is 53.9 Å². The second-order valence-electron chi connectivity index (χ2n) is 9.46. The molecule has 0 aliphatic carbocycles. The maximum atomic E-state index is 12.1. The summed E-state index contributed by atoms with van der Waals surface area (Å²) in [5, 5.41) is 9.77. The third kappa shape index (κ3) is 13.3. The Labute approximate surface area is 211 Å². The van der Waals surface area contributed by atoms with Crippen LogP contribution in [0.15, 0.2) is 4.99 Å². The van der Waals surface area contributed by atoms with Gasteiger partial charge < -0.3 is 25.6 Å². The number of hydrogen-bond acceptors (Lipinski definition) is 5. The lowest BCUT2D eigenvalue weighted by atomic mass is 10.1. The van der Waals surface area contributed by atoms with Crippen LogP contribution in [-0.2, 0) is 9.53 Å². The lowest BCUT2D eigenvalue weighted by Gasteiger charge is -2.33. The molecule has 1 unspecified atom stereocenters. The van der Waals surface area contributed by atoms with Gasteiger partial charge in [-0.25, -0.2) is 4.79 Å². The van der Waals surface area contributed by atoms with Gasteiger partial charge in [0.1, 0.15) is 5.60 Å². The van der Waals surface area contributed by atoms with Crippen molar-refractivity contribution in [3.8, 4) is 0 Å². The van der Waals surface area contributed by atoms with E-state index in [0.29, 0.717) is 25.7 Å². The number of guanidine groups is 1. The average molecular weight is 569 g/mol. The minimum Gasteiger partial charge on any atom is -0.444 e. The molecule has 188 valence electrons. The number of carbonyl (C=O) groups is 2. The van der Waals surface area contributed by atoms with Crippen LogP contribution in [0, 0.1) is 5.92 Å². The molecule has 0 spiro atoms. The third-order valence-electron chi connectivity index (χ3n) is 5.00. The summed E-state index contributed by atoms with van der Waals surface area (Å²) in [4.78, 5) is 32.1. The Morgan fingerprint density at radius 1 is 1.22 bits per heavy atom. The molecule has 0 aromatic heterocycles. The van der Waals surface area contributed by atoms with E-state index in [0.717, 1.165) is 44.9 Å². The van der Waals surface area contributed by atoms with Crippen molar-refractivity contribution in [2.45, 2.75) is 65.5 Å². The monoisotopic (exact) mass is 568 g/mol. The quantitative estimate of drug-likeness (QED) is 0.224. The van der Waals surface area contributed by atoms with Gasteiger partial charge in [-0.1, -0.05) is 13.8 Å². The average Bonchev–Trinajstić information content (AvgIpc) is 2.69. The van der Waals surface area contributed by atoms with E-state index in [9.17, 15) is 9.59 Å². The van der Waals surface area contributed by atoms with Gasteiger partial charge in [0.2, 0.25) is 5.91 Å². The Balaban J connectivity index is 0.00000961. The predicted octanol–water partition coefficient (Wildman–Crippen LogP) is 2.26. The summed E-state index contributed by atoms with van der Waals surface area (Å²) in [5.41, 5.74) is -0.492. The summed E-state index contributed by atoms with van der Waals surface area (Å²) < 4.78 is 5.40. The van der Waals surface area contributed by atoms with Crippen molar-refractivity contribution in [3.63, 3.8) is 0 Å². The Kier molecular flexibility index (Phi) is 14.9. The first-order valence-corrected chi connectivity index (χ1v) is 11.4. The first kappa shape index (κ1) is 30.7. The molecule has 0 saturated carbocycles. The molecule has 1 rings (SSSR count). The van der Waals surface area contributed by atoms with Gasteiger partial charge in [-0.15, -0.1) is 24.0 Å². The first-order chi connectivity index (χ1) is 14.5. The molecule has 1 heterocycles.